The Morgan fingerprint density at radius 3 is 0.980 bits per heavy atom. The van der Waals surface area contributed by atoms with Crippen molar-refractivity contribution in [1.82, 2.24) is 0 Å². The second-order valence-corrected chi connectivity index (χ2v) is 11.3. The van der Waals surface area contributed by atoms with Crippen molar-refractivity contribution < 1.29 is 124 Å². The van der Waals surface area contributed by atoms with Gasteiger partial charge in [0.25, 0.3) is 0 Å². The van der Waals surface area contributed by atoms with Crippen LogP contribution in [0.4, 0.5) is 0 Å². The first kappa shape index (κ1) is 39.0. The van der Waals surface area contributed by atoms with Gasteiger partial charge in [0.15, 0.2) is 49.6 Å². The molecule has 4 saturated heterocycles. The maximum absolute atomic E-state index is 12.1. The van der Waals surface area contributed by atoms with E-state index in [1.807, 2.05) is 0 Å². The molecule has 25 heteroatoms. The highest BCUT2D eigenvalue weighted by molar-refractivity contribution is 5.75. The average Bonchev–Trinajstić information content (AvgIpc) is 3.03. The molecule has 20 atom stereocenters. The summed E-state index contributed by atoms with van der Waals surface area (Å²) in [5, 5.41) is 141. The predicted molar refractivity (Wildman–Crippen MR) is 136 cm³/mol. The second kappa shape index (κ2) is 15.2. The number of carboxylic acid groups (broad SMARTS) is 4. The zero-order valence-corrected chi connectivity index (χ0v) is 24.3. The average molecular weight is 723 g/mol. The maximum atomic E-state index is 12.1. The molecule has 4 aliphatic rings. The van der Waals surface area contributed by atoms with Crippen molar-refractivity contribution in [1.29, 1.82) is 0 Å². The van der Waals surface area contributed by atoms with Gasteiger partial charge in [0.05, 0.1) is 0 Å². The fraction of sp³-hybridized carbons (Fsp3) is 0.833. The first-order chi connectivity index (χ1) is 22.8. The lowest BCUT2D eigenvalue weighted by molar-refractivity contribution is -0.378. The zero-order chi connectivity index (χ0) is 36.8. The highest BCUT2D eigenvalue weighted by Gasteiger charge is 2.58. The fourth-order valence-electron chi connectivity index (χ4n) is 5.43. The summed E-state index contributed by atoms with van der Waals surface area (Å²) in [5.41, 5.74) is 0. The number of aliphatic carboxylic acids is 4. The summed E-state index contributed by atoms with van der Waals surface area (Å²) in [6.45, 7) is 0. The SMILES string of the molecule is O=C(O)[C@H]1O[C@H](O[C@H]2[C@@H](O)[C@H](O)C(O)O[C@H]2C(=O)O)[C@H](O)[C@@H](O)[C@H]1O[C@@H]1O[C@@H](C(=O)O)[C@@H](O[C@@H]2O[C@@H](C(=O)O)[C@@H](O)[C@@H](O)[C@@H]2O)[C@@H](O)[C@@H]1O. The fourth-order valence-corrected chi connectivity index (χ4v) is 5.43. The molecule has 0 spiro atoms. The van der Waals surface area contributed by atoms with Crippen LogP contribution < -0.4 is 0 Å². The highest BCUT2D eigenvalue weighted by Crippen LogP contribution is 2.34. The number of aliphatic hydroxyl groups is 10. The molecular formula is C24H34O25. The van der Waals surface area contributed by atoms with Gasteiger partial charge in [-0.3, -0.25) is 0 Å². The Kier molecular flexibility index (Phi) is 12.1. The largest absolute Gasteiger partial charge is 0.479 e. The van der Waals surface area contributed by atoms with Crippen LogP contribution in [-0.2, 0) is 52.3 Å². The van der Waals surface area contributed by atoms with Crippen molar-refractivity contribution >= 4 is 23.9 Å². The van der Waals surface area contributed by atoms with Crippen LogP contribution in [0.15, 0.2) is 0 Å². The van der Waals surface area contributed by atoms with E-state index in [2.05, 4.69) is 4.74 Å². The van der Waals surface area contributed by atoms with Gasteiger partial charge < -0.3 is 105 Å². The molecular weight excluding hydrogens is 688 g/mol. The van der Waals surface area contributed by atoms with Gasteiger partial charge in [-0.25, -0.2) is 19.2 Å². The lowest BCUT2D eigenvalue weighted by Crippen LogP contribution is -2.68. The highest BCUT2D eigenvalue weighted by atomic mass is 16.8. The third kappa shape index (κ3) is 7.62. The minimum absolute atomic E-state index is 1.84. The molecule has 4 rings (SSSR count). The summed E-state index contributed by atoms with van der Waals surface area (Å²) >= 11 is 0. The molecule has 25 nitrogen and oxygen atoms in total. The van der Waals surface area contributed by atoms with E-state index in [4.69, 9.17) is 28.4 Å². The van der Waals surface area contributed by atoms with Crippen molar-refractivity contribution in [2.75, 3.05) is 0 Å². The molecule has 280 valence electrons. The predicted octanol–water partition coefficient (Wildman–Crippen LogP) is -9.38. The zero-order valence-electron chi connectivity index (χ0n) is 24.3. The summed E-state index contributed by atoms with van der Waals surface area (Å²) < 4.78 is 35.3. The van der Waals surface area contributed by atoms with Gasteiger partial charge in [-0.15, -0.1) is 0 Å². The van der Waals surface area contributed by atoms with Crippen LogP contribution in [-0.4, -0.2) is 218 Å². The number of rotatable bonds is 10. The lowest BCUT2D eigenvalue weighted by atomic mass is 9.95. The number of hydrogen-bond donors (Lipinski definition) is 14. The van der Waals surface area contributed by atoms with Crippen molar-refractivity contribution in [2.24, 2.45) is 0 Å². The van der Waals surface area contributed by atoms with Crippen LogP contribution in [0, 0.1) is 0 Å². The summed E-state index contributed by atoms with van der Waals surface area (Å²) in [6.07, 6.45) is -45.8. The van der Waals surface area contributed by atoms with E-state index >= 15 is 0 Å². The Balaban J connectivity index is 1.51. The Bertz CT molecular complexity index is 1220. The van der Waals surface area contributed by atoms with Crippen molar-refractivity contribution in [3.8, 4) is 0 Å². The van der Waals surface area contributed by atoms with Gasteiger partial charge in [0.1, 0.15) is 73.2 Å². The molecule has 14 N–H and O–H groups in total. The van der Waals surface area contributed by atoms with Crippen LogP contribution in [0.3, 0.4) is 0 Å². The van der Waals surface area contributed by atoms with Gasteiger partial charge in [0, 0.05) is 0 Å². The Hall–Kier alpha value is -2.80. The van der Waals surface area contributed by atoms with E-state index in [1.54, 1.807) is 0 Å². The maximum Gasteiger partial charge on any atom is 0.335 e. The molecule has 0 bridgehead atoms. The Morgan fingerprint density at radius 2 is 0.633 bits per heavy atom. The minimum Gasteiger partial charge on any atom is -0.479 e. The number of carboxylic acids is 4. The van der Waals surface area contributed by atoms with E-state index in [0.29, 0.717) is 0 Å². The Morgan fingerprint density at radius 1 is 0.347 bits per heavy atom. The molecule has 49 heavy (non-hydrogen) atoms. The van der Waals surface area contributed by atoms with Crippen LogP contribution >= 0.6 is 0 Å². The molecule has 0 aromatic rings. The molecule has 4 aliphatic heterocycles. The van der Waals surface area contributed by atoms with Crippen LogP contribution in [0.5, 0.6) is 0 Å². The molecule has 0 saturated carbocycles. The van der Waals surface area contributed by atoms with Crippen LogP contribution in [0.25, 0.3) is 0 Å². The van der Waals surface area contributed by atoms with Gasteiger partial charge in [-0.05, 0) is 0 Å². The first-order valence-electron chi connectivity index (χ1n) is 14.1. The standard InChI is InChI=1S/C24H34O25/c25-1-2(26)13(17(34)35)47-22(7(1)31)45-11-4(28)9(33)24(49-15(11)19(38)39)46-12-5(29)8(32)23(48-16(12)20(40)41)44-10-3(27)6(30)21(42)43-14(10)18(36)37/h1-16,21-33,42H,(H,34,35)(H,36,37)(H,38,39)(H,40,41)/t1-,2+,3+,4+,5-,6+,7+,8-,9+,10+,11+,12-,13-,14-,15-,16+,21?,22-,23+,24-/m1/s1. The number of ether oxygens (including phenoxy) is 7. The van der Waals surface area contributed by atoms with E-state index in [0.717, 1.165) is 0 Å². The normalized spacial score (nSPS) is 49.2. The summed E-state index contributed by atoms with van der Waals surface area (Å²) in [4.78, 5) is 47.1. The quantitative estimate of drug-likeness (QED) is 0.0995. The van der Waals surface area contributed by atoms with Crippen molar-refractivity contribution in [2.45, 2.75) is 123 Å². The molecule has 0 aliphatic carbocycles. The van der Waals surface area contributed by atoms with E-state index in [1.165, 1.54) is 0 Å². The minimum atomic E-state index is -2.43. The van der Waals surface area contributed by atoms with Crippen LogP contribution in [0.2, 0.25) is 0 Å². The smallest absolute Gasteiger partial charge is 0.335 e. The van der Waals surface area contributed by atoms with Gasteiger partial charge in [-0.2, -0.15) is 0 Å². The van der Waals surface area contributed by atoms with Crippen LogP contribution in [0.1, 0.15) is 0 Å². The van der Waals surface area contributed by atoms with Gasteiger partial charge >= 0.3 is 23.9 Å². The molecule has 0 aromatic heterocycles. The summed E-state index contributed by atoms with van der Waals surface area (Å²) in [7, 11) is 0. The molecule has 0 radical (unpaired) electrons. The van der Waals surface area contributed by atoms with E-state index in [-0.39, 0.29) is 0 Å². The molecule has 1 unspecified atom stereocenters. The topological polar surface area (TPSA) is 416 Å². The molecule has 4 fully saturated rings. The first-order valence-corrected chi connectivity index (χ1v) is 14.1. The van der Waals surface area contributed by atoms with E-state index < -0.39 is 147 Å². The third-order valence-electron chi connectivity index (χ3n) is 8.07. The number of hydrogen-bond acceptors (Lipinski definition) is 21. The lowest BCUT2D eigenvalue weighted by Gasteiger charge is -2.47. The number of carbonyl (C=O) groups is 4. The molecule has 0 amide bonds. The van der Waals surface area contributed by atoms with Gasteiger partial charge in [0.2, 0.25) is 0 Å². The van der Waals surface area contributed by atoms with Gasteiger partial charge in [-0.1, -0.05) is 0 Å². The third-order valence-corrected chi connectivity index (χ3v) is 8.07. The molecule has 4 heterocycles. The number of aliphatic hydroxyl groups excluding tert-OH is 10. The van der Waals surface area contributed by atoms with Crippen molar-refractivity contribution in [3.05, 3.63) is 0 Å². The monoisotopic (exact) mass is 722 g/mol. The summed E-state index contributed by atoms with van der Waals surface area (Å²) in [6, 6.07) is 0. The molecule has 0 aromatic carbocycles. The second-order valence-electron chi connectivity index (χ2n) is 11.3. The van der Waals surface area contributed by atoms with Crippen molar-refractivity contribution in [3.63, 3.8) is 0 Å². The Labute approximate surface area is 271 Å². The summed E-state index contributed by atoms with van der Waals surface area (Å²) in [5.74, 6) is -7.64. The van der Waals surface area contributed by atoms with E-state index in [9.17, 15) is 90.7 Å².